The molecule has 0 saturated carbocycles. The first-order valence-electron chi connectivity index (χ1n) is 30.9. The lowest BCUT2D eigenvalue weighted by atomic mass is 9.80. The zero-order chi connectivity index (χ0) is 60.8. The second-order valence-electron chi connectivity index (χ2n) is 28.8. The summed E-state index contributed by atoms with van der Waals surface area (Å²) in [4.78, 5) is 5.16. The topological polar surface area (TPSA) is 6.48 Å². The normalized spacial score (nSPS) is 12.4. The van der Waals surface area contributed by atoms with Gasteiger partial charge >= 0.3 is 0 Å². The molecule has 0 radical (unpaired) electrons. The Morgan fingerprint density at radius 3 is 0.744 bits per heavy atom. The summed E-state index contributed by atoms with van der Waals surface area (Å²) in [6.07, 6.45) is 0. The van der Waals surface area contributed by atoms with Gasteiger partial charge in [-0.1, -0.05) is 251 Å². The molecule has 0 heterocycles. The smallest absolute Gasteiger partial charge is 0.0540 e. The van der Waals surface area contributed by atoms with Gasteiger partial charge in [-0.25, -0.2) is 0 Å². The van der Waals surface area contributed by atoms with Crippen molar-refractivity contribution < 1.29 is 0 Å². The van der Waals surface area contributed by atoms with Gasteiger partial charge in [-0.2, -0.15) is 0 Å². The third kappa shape index (κ3) is 11.4. The predicted molar refractivity (Wildman–Crippen MR) is 375 cm³/mol. The summed E-state index contributed by atoms with van der Waals surface area (Å²) in [7, 11) is 0. The van der Waals surface area contributed by atoms with Gasteiger partial charge in [-0.15, -0.1) is 0 Å². The van der Waals surface area contributed by atoms with Gasteiger partial charge in [0, 0.05) is 33.5 Å². The number of anilines is 6. The highest BCUT2D eigenvalue weighted by Gasteiger charge is 2.29. The minimum absolute atomic E-state index is 0.108. The van der Waals surface area contributed by atoms with E-state index in [-0.39, 0.29) is 21.7 Å². The fourth-order valence-electron chi connectivity index (χ4n) is 12.7. The average molecular weight is 1120 g/mol. The maximum Gasteiger partial charge on any atom is 0.0540 e. The van der Waals surface area contributed by atoms with Crippen LogP contribution in [0.15, 0.2) is 218 Å². The molecule has 0 bridgehead atoms. The van der Waals surface area contributed by atoms with Crippen molar-refractivity contribution in [2.75, 3.05) is 9.80 Å². The molecule has 2 nitrogen and oxygen atoms in total. The standard InChI is InChI=1S/C84H84N2/c1-53-21-17-25-59(37-53)63-41-64(60-26-18-22-54(2)38-60)44-71(43-63)85(73-49-67(81(5,6)7)47-68(50-73)82(8,9)10)77-35-31-57-30-34-76-78(36-32-58-29-33-75(77)79(57)80(58)76)86(74-51-69(83(11,12)13)48-70(52-74)84(14,15)16)72-45-65(61-27-19-23-55(3)39-61)42-66(46-72)62-28-20-24-56(4)40-62/h17-52H,1-16H3. The zero-order valence-electron chi connectivity index (χ0n) is 53.7. The van der Waals surface area contributed by atoms with Crippen LogP contribution >= 0.6 is 0 Å². The lowest BCUT2D eigenvalue weighted by Gasteiger charge is -2.33. The molecule has 0 aliphatic carbocycles. The first-order chi connectivity index (χ1) is 40.7. The summed E-state index contributed by atoms with van der Waals surface area (Å²) < 4.78 is 0. The molecule has 0 spiro atoms. The van der Waals surface area contributed by atoms with Gasteiger partial charge in [0.25, 0.3) is 0 Å². The zero-order valence-corrected chi connectivity index (χ0v) is 53.7. The molecule has 430 valence electrons. The van der Waals surface area contributed by atoms with Gasteiger partial charge in [0.1, 0.15) is 0 Å². The van der Waals surface area contributed by atoms with Crippen LogP contribution in [-0.2, 0) is 21.7 Å². The molecule has 0 aliphatic heterocycles. The van der Waals surface area contributed by atoms with Crippen LogP contribution in [0.4, 0.5) is 34.1 Å². The van der Waals surface area contributed by atoms with Gasteiger partial charge in [-0.05, 0) is 210 Å². The van der Waals surface area contributed by atoms with E-state index in [1.54, 1.807) is 0 Å². The van der Waals surface area contributed by atoms with Crippen LogP contribution in [-0.4, -0.2) is 0 Å². The van der Waals surface area contributed by atoms with Crippen molar-refractivity contribution >= 4 is 66.4 Å². The van der Waals surface area contributed by atoms with Gasteiger partial charge < -0.3 is 9.80 Å². The number of hydrogen-bond acceptors (Lipinski definition) is 2. The summed E-state index contributed by atoms with van der Waals surface area (Å²) in [5.74, 6) is 0. The van der Waals surface area contributed by atoms with Crippen LogP contribution in [0.5, 0.6) is 0 Å². The first kappa shape index (κ1) is 57.7. The van der Waals surface area contributed by atoms with Crippen molar-refractivity contribution in [3.05, 3.63) is 263 Å². The Morgan fingerprint density at radius 1 is 0.233 bits per heavy atom. The molecular weight excluding hydrogens is 1040 g/mol. The monoisotopic (exact) mass is 1120 g/mol. The van der Waals surface area contributed by atoms with Gasteiger partial charge in [0.15, 0.2) is 0 Å². The average Bonchev–Trinajstić information content (AvgIpc) is 2.47. The Bertz CT molecular complexity index is 4070. The van der Waals surface area contributed by atoms with Crippen LogP contribution < -0.4 is 9.80 Å². The third-order valence-corrected chi connectivity index (χ3v) is 17.7. The molecule has 86 heavy (non-hydrogen) atoms. The van der Waals surface area contributed by atoms with Crippen LogP contribution in [0.25, 0.3) is 76.8 Å². The van der Waals surface area contributed by atoms with E-state index < -0.39 is 0 Å². The third-order valence-electron chi connectivity index (χ3n) is 17.7. The maximum atomic E-state index is 2.58. The molecule has 0 fully saturated rings. The van der Waals surface area contributed by atoms with E-state index in [4.69, 9.17) is 0 Å². The summed E-state index contributed by atoms with van der Waals surface area (Å²) in [5, 5.41) is 7.35. The van der Waals surface area contributed by atoms with Gasteiger partial charge in [0.2, 0.25) is 0 Å². The van der Waals surface area contributed by atoms with Crippen LogP contribution in [0, 0.1) is 27.7 Å². The maximum absolute atomic E-state index is 2.58. The van der Waals surface area contributed by atoms with Gasteiger partial charge in [0.05, 0.1) is 11.4 Å². The van der Waals surface area contributed by atoms with Gasteiger partial charge in [-0.3, -0.25) is 0 Å². The molecule has 0 aromatic heterocycles. The lowest BCUT2D eigenvalue weighted by Crippen LogP contribution is -2.19. The lowest BCUT2D eigenvalue weighted by molar-refractivity contribution is 0.568. The van der Waals surface area contributed by atoms with E-state index >= 15 is 0 Å². The Hall–Kier alpha value is -8.72. The molecule has 12 aromatic rings. The van der Waals surface area contributed by atoms with Crippen molar-refractivity contribution in [1.29, 1.82) is 0 Å². The van der Waals surface area contributed by atoms with E-state index in [9.17, 15) is 0 Å². The van der Waals surface area contributed by atoms with Crippen LogP contribution in [0.1, 0.15) is 128 Å². The SMILES string of the molecule is Cc1cccc(-c2cc(-c3cccc(C)c3)cc(N(c3cc(C(C)(C)C)cc(C(C)(C)C)c3)c3ccc4ccc5c(N(c6cc(-c7cccc(C)c7)cc(-c7cccc(C)c7)c6)c6cc(C(C)(C)C)cc(C(C)(C)C)c6)ccc6ccc3c4c65)c2)c1. The van der Waals surface area contributed by atoms with Crippen molar-refractivity contribution in [3.8, 4) is 44.5 Å². The van der Waals surface area contributed by atoms with E-state index in [2.05, 4.69) is 339 Å². The molecule has 0 saturated heterocycles. The van der Waals surface area contributed by atoms with Crippen molar-refractivity contribution in [1.82, 2.24) is 0 Å². The Balaban J connectivity index is 1.18. The number of benzene rings is 12. The molecule has 0 atom stereocenters. The minimum Gasteiger partial charge on any atom is -0.310 e. The Kier molecular flexibility index (Phi) is 14.5. The summed E-state index contributed by atoms with van der Waals surface area (Å²) in [6.45, 7) is 36.9. The van der Waals surface area contributed by atoms with E-state index in [1.165, 1.54) is 121 Å². The highest BCUT2D eigenvalue weighted by atomic mass is 15.2. The first-order valence-corrected chi connectivity index (χ1v) is 30.9. The highest BCUT2D eigenvalue weighted by Crippen LogP contribution is 2.51. The largest absolute Gasteiger partial charge is 0.310 e. The summed E-state index contributed by atoms with van der Waals surface area (Å²) in [5.41, 5.74) is 26.1. The number of hydrogen-bond donors (Lipinski definition) is 0. The molecule has 0 aliphatic rings. The van der Waals surface area contributed by atoms with Crippen LogP contribution in [0.3, 0.4) is 0 Å². The van der Waals surface area contributed by atoms with Crippen molar-refractivity contribution in [3.63, 3.8) is 0 Å². The predicted octanol–water partition coefficient (Wildman–Crippen LogP) is 24.6. The molecule has 2 heteroatoms. The highest BCUT2D eigenvalue weighted by molar-refractivity contribution is 6.28. The van der Waals surface area contributed by atoms with Crippen molar-refractivity contribution in [2.45, 2.75) is 132 Å². The Morgan fingerprint density at radius 2 is 0.488 bits per heavy atom. The fourth-order valence-corrected chi connectivity index (χ4v) is 12.7. The number of nitrogens with zero attached hydrogens (tertiary/aromatic N) is 2. The summed E-state index contributed by atoms with van der Waals surface area (Å²) in [6, 6.07) is 84.2. The van der Waals surface area contributed by atoms with Crippen molar-refractivity contribution in [2.24, 2.45) is 0 Å². The minimum atomic E-state index is -0.108. The second kappa shape index (κ2) is 21.7. The number of rotatable bonds is 10. The van der Waals surface area contributed by atoms with E-state index in [0.717, 1.165) is 34.1 Å². The van der Waals surface area contributed by atoms with E-state index in [1.807, 2.05) is 0 Å². The molecule has 12 rings (SSSR count). The van der Waals surface area contributed by atoms with E-state index in [0.29, 0.717) is 0 Å². The Labute approximate surface area is 513 Å². The molecule has 0 amide bonds. The molecule has 0 unspecified atom stereocenters. The fraction of sp³-hybridized carbons (Fsp3) is 0.238. The quantitative estimate of drug-likeness (QED) is 0.126. The molecular formula is C84H84N2. The molecule has 12 aromatic carbocycles. The summed E-state index contributed by atoms with van der Waals surface area (Å²) >= 11 is 0. The molecule has 0 N–H and O–H groups in total. The van der Waals surface area contributed by atoms with Crippen LogP contribution in [0.2, 0.25) is 0 Å². The second-order valence-corrected chi connectivity index (χ2v) is 28.8. The number of aryl methyl sites for hydroxylation is 4.